The van der Waals surface area contributed by atoms with E-state index in [2.05, 4.69) is 45.9 Å². The normalized spacial score (nSPS) is 14.4. The van der Waals surface area contributed by atoms with Crippen LogP contribution >= 0.6 is 7.60 Å². The molecule has 0 aliphatic carbocycles. The van der Waals surface area contributed by atoms with Crippen LogP contribution in [0.1, 0.15) is 80.1 Å². The Kier molecular flexibility index (Phi) is 14.0. The van der Waals surface area contributed by atoms with Gasteiger partial charge in [-0.15, -0.1) is 0 Å². The summed E-state index contributed by atoms with van der Waals surface area (Å²) in [6.45, 7) is 12.6. The van der Waals surface area contributed by atoms with Crippen LogP contribution in [-0.2, 0) is 13.6 Å². The standard InChI is InChI=1S/C21H39O4P/c1-7-24-26(23,25-8-2)21(22)17-11-16-20(6)15-10-14-19(5)13-9-12-18(3)4/h12,14,16,21-22H,7-11,13,15,17H2,1-6H3/b19-14+,20-16+. The lowest BCUT2D eigenvalue weighted by atomic mass is 10.1. The third-order valence-corrected chi connectivity index (χ3v) is 6.25. The molecule has 0 heterocycles. The molecule has 0 spiro atoms. The van der Waals surface area contributed by atoms with Crippen molar-refractivity contribution in [3.05, 3.63) is 34.9 Å². The van der Waals surface area contributed by atoms with E-state index in [1.807, 2.05) is 0 Å². The molecule has 0 aliphatic rings. The van der Waals surface area contributed by atoms with Gasteiger partial charge in [0.15, 0.2) is 5.85 Å². The average molecular weight is 387 g/mol. The number of hydrogen-bond donors (Lipinski definition) is 1. The number of rotatable bonds is 14. The zero-order valence-corrected chi connectivity index (χ0v) is 18.5. The zero-order chi connectivity index (χ0) is 20.0. The highest BCUT2D eigenvalue weighted by Crippen LogP contribution is 2.53. The summed E-state index contributed by atoms with van der Waals surface area (Å²) in [4.78, 5) is 0. The largest absolute Gasteiger partial charge is 0.380 e. The first kappa shape index (κ1) is 25.3. The lowest BCUT2D eigenvalue weighted by molar-refractivity contribution is 0.145. The highest BCUT2D eigenvalue weighted by molar-refractivity contribution is 7.54. The van der Waals surface area contributed by atoms with Crippen LogP contribution in [0.25, 0.3) is 0 Å². The van der Waals surface area contributed by atoms with Crippen molar-refractivity contribution in [2.45, 2.75) is 85.9 Å². The molecule has 4 nitrogen and oxygen atoms in total. The van der Waals surface area contributed by atoms with E-state index in [9.17, 15) is 9.67 Å². The van der Waals surface area contributed by atoms with Crippen molar-refractivity contribution in [3.8, 4) is 0 Å². The average Bonchev–Trinajstić information content (AvgIpc) is 2.54. The van der Waals surface area contributed by atoms with Gasteiger partial charge >= 0.3 is 7.60 Å². The fourth-order valence-corrected chi connectivity index (χ4v) is 4.15. The first-order chi connectivity index (χ1) is 12.2. The van der Waals surface area contributed by atoms with Gasteiger partial charge < -0.3 is 14.2 Å². The van der Waals surface area contributed by atoms with Crippen molar-refractivity contribution in [2.24, 2.45) is 0 Å². The molecule has 0 saturated heterocycles. The van der Waals surface area contributed by atoms with Crippen LogP contribution in [0, 0.1) is 0 Å². The summed E-state index contributed by atoms with van der Waals surface area (Å²) in [5.74, 6) is -1.07. The summed E-state index contributed by atoms with van der Waals surface area (Å²) in [5.41, 5.74) is 4.09. The fourth-order valence-electron chi connectivity index (χ4n) is 2.55. The molecule has 1 unspecified atom stereocenters. The molecule has 26 heavy (non-hydrogen) atoms. The summed E-state index contributed by atoms with van der Waals surface area (Å²) in [7, 11) is -3.41. The molecule has 0 aromatic carbocycles. The van der Waals surface area contributed by atoms with E-state index in [-0.39, 0.29) is 13.2 Å². The Morgan fingerprint density at radius 1 is 0.885 bits per heavy atom. The van der Waals surface area contributed by atoms with E-state index in [0.717, 1.165) is 25.7 Å². The van der Waals surface area contributed by atoms with Gasteiger partial charge in [-0.3, -0.25) is 4.57 Å². The van der Waals surface area contributed by atoms with Crippen LogP contribution in [0.4, 0.5) is 0 Å². The second-order valence-corrected chi connectivity index (χ2v) is 9.09. The third-order valence-electron chi connectivity index (χ3n) is 4.02. The van der Waals surface area contributed by atoms with Gasteiger partial charge in [-0.2, -0.15) is 0 Å². The monoisotopic (exact) mass is 386 g/mol. The van der Waals surface area contributed by atoms with Crippen LogP contribution < -0.4 is 0 Å². The molecule has 0 aliphatic heterocycles. The molecule has 0 aromatic heterocycles. The van der Waals surface area contributed by atoms with Crippen molar-refractivity contribution in [2.75, 3.05) is 13.2 Å². The Bertz CT molecular complexity index is 506. The maximum absolute atomic E-state index is 12.4. The van der Waals surface area contributed by atoms with Gasteiger partial charge in [-0.05, 0) is 80.1 Å². The van der Waals surface area contributed by atoms with Gasteiger partial charge in [0, 0.05) is 0 Å². The topological polar surface area (TPSA) is 55.8 Å². The quantitative estimate of drug-likeness (QED) is 0.264. The van der Waals surface area contributed by atoms with Crippen LogP contribution in [0.3, 0.4) is 0 Å². The molecule has 1 atom stereocenters. The van der Waals surface area contributed by atoms with E-state index in [4.69, 9.17) is 9.05 Å². The zero-order valence-electron chi connectivity index (χ0n) is 17.6. The first-order valence-corrected chi connectivity index (χ1v) is 11.4. The molecule has 0 bridgehead atoms. The molecule has 5 heteroatoms. The smallest absolute Gasteiger partial charge is 0.358 e. The van der Waals surface area contributed by atoms with E-state index in [1.165, 1.54) is 16.7 Å². The second kappa shape index (κ2) is 14.4. The van der Waals surface area contributed by atoms with Crippen molar-refractivity contribution in [3.63, 3.8) is 0 Å². The predicted molar refractivity (Wildman–Crippen MR) is 112 cm³/mol. The Labute approximate surface area is 160 Å². The fraction of sp³-hybridized carbons (Fsp3) is 0.714. The second-order valence-electron chi connectivity index (χ2n) is 6.89. The van der Waals surface area contributed by atoms with Gasteiger partial charge in [0.25, 0.3) is 0 Å². The van der Waals surface area contributed by atoms with Crippen molar-refractivity contribution < 1.29 is 18.7 Å². The van der Waals surface area contributed by atoms with E-state index in [1.54, 1.807) is 13.8 Å². The van der Waals surface area contributed by atoms with E-state index < -0.39 is 13.4 Å². The Morgan fingerprint density at radius 2 is 1.35 bits per heavy atom. The molecular formula is C21H39O4P. The molecule has 152 valence electrons. The van der Waals surface area contributed by atoms with Gasteiger partial charge in [0.05, 0.1) is 13.2 Å². The van der Waals surface area contributed by atoms with Gasteiger partial charge in [-0.1, -0.05) is 34.9 Å². The van der Waals surface area contributed by atoms with Crippen molar-refractivity contribution >= 4 is 7.60 Å². The lowest BCUT2D eigenvalue weighted by Gasteiger charge is -2.21. The summed E-state index contributed by atoms with van der Waals surface area (Å²) in [5, 5.41) is 10.2. The molecule has 1 N–H and O–H groups in total. The summed E-state index contributed by atoms with van der Waals surface area (Å²) >= 11 is 0. The molecule has 0 saturated carbocycles. The van der Waals surface area contributed by atoms with E-state index >= 15 is 0 Å². The van der Waals surface area contributed by atoms with E-state index in [0.29, 0.717) is 12.8 Å². The van der Waals surface area contributed by atoms with Crippen LogP contribution in [0.5, 0.6) is 0 Å². The lowest BCUT2D eigenvalue weighted by Crippen LogP contribution is -2.12. The number of aliphatic hydroxyl groups is 1. The molecule has 0 radical (unpaired) electrons. The highest BCUT2D eigenvalue weighted by atomic mass is 31.2. The Balaban J connectivity index is 4.28. The van der Waals surface area contributed by atoms with Crippen LogP contribution in [-0.4, -0.2) is 24.2 Å². The van der Waals surface area contributed by atoms with Crippen LogP contribution in [0.15, 0.2) is 34.9 Å². The van der Waals surface area contributed by atoms with Gasteiger partial charge in [-0.25, -0.2) is 0 Å². The van der Waals surface area contributed by atoms with Gasteiger partial charge in [0.2, 0.25) is 0 Å². The molecule has 0 fully saturated rings. The van der Waals surface area contributed by atoms with Crippen molar-refractivity contribution in [1.29, 1.82) is 0 Å². The summed E-state index contributed by atoms with van der Waals surface area (Å²) in [6.07, 6.45) is 12.0. The molecule has 0 rings (SSSR count). The van der Waals surface area contributed by atoms with Crippen LogP contribution in [0.2, 0.25) is 0 Å². The van der Waals surface area contributed by atoms with Crippen molar-refractivity contribution in [1.82, 2.24) is 0 Å². The summed E-state index contributed by atoms with van der Waals surface area (Å²) in [6, 6.07) is 0. The first-order valence-electron chi connectivity index (χ1n) is 9.76. The Hall–Kier alpha value is -0.670. The number of allylic oxidation sites excluding steroid dienone is 6. The number of hydrogen-bond acceptors (Lipinski definition) is 4. The number of aliphatic hydroxyl groups excluding tert-OH is 1. The minimum Gasteiger partial charge on any atom is -0.380 e. The maximum Gasteiger partial charge on any atom is 0.358 e. The third kappa shape index (κ3) is 11.9. The molecule has 0 aromatic rings. The Morgan fingerprint density at radius 3 is 1.81 bits per heavy atom. The maximum atomic E-state index is 12.4. The minimum absolute atomic E-state index is 0.266. The molecular weight excluding hydrogens is 347 g/mol. The SMILES string of the molecule is CCOP(=O)(OCC)C(O)CC/C=C(\C)CC/C=C(\C)CCC=C(C)C. The predicted octanol–water partition coefficient (Wildman–Crippen LogP) is 6.77. The van der Waals surface area contributed by atoms with Gasteiger partial charge in [0.1, 0.15) is 0 Å². The minimum atomic E-state index is -3.41. The molecule has 0 amide bonds. The summed E-state index contributed by atoms with van der Waals surface area (Å²) < 4.78 is 22.8. The highest BCUT2D eigenvalue weighted by Gasteiger charge is 2.33.